The summed E-state index contributed by atoms with van der Waals surface area (Å²) in [5.74, 6) is 2.64. The van der Waals surface area contributed by atoms with E-state index in [1.165, 1.54) is 0 Å². The Morgan fingerprint density at radius 3 is 2.93 bits per heavy atom. The highest BCUT2D eigenvalue weighted by Gasteiger charge is 2.33. The van der Waals surface area contributed by atoms with Gasteiger partial charge < -0.3 is 9.80 Å². The summed E-state index contributed by atoms with van der Waals surface area (Å²) < 4.78 is 0. The number of amides is 1. The van der Waals surface area contributed by atoms with Crippen molar-refractivity contribution >= 4 is 11.7 Å². The molecule has 0 spiro atoms. The lowest BCUT2D eigenvalue weighted by Crippen LogP contribution is -2.43. The Hall–Kier alpha value is -2.50. The van der Waals surface area contributed by atoms with E-state index in [0.29, 0.717) is 19.0 Å². The second-order valence-corrected chi connectivity index (χ2v) is 8.02. The van der Waals surface area contributed by atoms with Crippen LogP contribution in [0.25, 0.3) is 0 Å². The molecular weight excluding hydrogens is 338 g/mol. The van der Waals surface area contributed by atoms with E-state index in [1.807, 2.05) is 35.5 Å². The van der Waals surface area contributed by atoms with Crippen molar-refractivity contribution < 1.29 is 4.79 Å². The van der Waals surface area contributed by atoms with E-state index in [0.717, 1.165) is 55.3 Å². The Morgan fingerprint density at radius 1 is 1.26 bits per heavy atom. The molecule has 1 fully saturated rings. The lowest BCUT2D eigenvalue weighted by molar-refractivity contribution is -0.136. The number of rotatable bonds is 4. The quantitative estimate of drug-likeness (QED) is 0.834. The smallest absolute Gasteiger partial charge is 0.228 e. The lowest BCUT2D eigenvalue weighted by Gasteiger charge is -2.34. The monoisotopic (exact) mass is 365 g/mol. The van der Waals surface area contributed by atoms with Crippen LogP contribution in [0.2, 0.25) is 0 Å². The molecule has 0 saturated carbocycles. The molecule has 2 aromatic heterocycles. The number of fused-ring (bicyclic) bond motifs is 1. The van der Waals surface area contributed by atoms with Gasteiger partial charge in [-0.3, -0.25) is 4.79 Å². The molecule has 0 unspecified atom stereocenters. The molecule has 1 atom stereocenters. The SMILES string of the molecule is CC(C)Cc1ncc2c(n1)CN(C(=O)[C@@H]1CCCN(c3ccccn3)C1)C2. The predicted molar refractivity (Wildman–Crippen MR) is 104 cm³/mol. The molecule has 2 aliphatic heterocycles. The fourth-order valence-corrected chi connectivity index (χ4v) is 4.00. The van der Waals surface area contributed by atoms with Crippen molar-refractivity contribution in [2.75, 3.05) is 18.0 Å². The third kappa shape index (κ3) is 3.94. The van der Waals surface area contributed by atoms with E-state index in [4.69, 9.17) is 4.98 Å². The van der Waals surface area contributed by atoms with Gasteiger partial charge in [0.15, 0.2) is 0 Å². The number of hydrogen-bond donors (Lipinski definition) is 0. The third-order valence-corrected chi connectivity index (χ3v) is 5.35. The minimum atomic E-state index is 0.0261. The Bertz CT molecular complexity index is 807. The Balaban J connectivity index is 1.42. The molecule has 6 heteroatoms. The zero-order valence-electron chi connectivity index (χ0n) is 16.1. The van der Waals surface area contributed by atoms with Gasteiger partial charge in [-0.25, -0.2) is 15.0 Å². The van der Waals surface area contributed by atoms with Crippen molar-refractivity contribution in [2.24, 2.45) is 11.8 Å². The number of carbonyl (C=O) groups is 1. The molecule has 0 aromatic carbocycles. The average molecular weight is 365 g/mol. The van der Waals surface area contributed by atoms with E-state index in [1.54, 1.807) is 0 Å². The molecule has 0 aliphatic carbocycles. The van der Waals surface area contributed by atoms with Crippen molar-refractivity contribution in [2.45, 2.75) is 46.2 Å². The molecule has 142 valence electrons. The first-order valence-corrected chi connectivity index (χ1v) is 9.88. The summed E-state index contributed by atoms with van der Waals surface area (Å²) in [7, 11) is 0. The van der Waals surface area contributed by atoms with Crippen molar-refractivity contribution in [1.82, 2.24) is 19.9 Å². The predicted octanol–water partition coefficient (Wildman–Crippen LogP) is 2.83. The fraction of sp³-hybridized carbons (Fsp3) is 0.524. The summed E-state index contributed by atoms with van der Waals surface area (Å²) in [4.78, 5) is 31.0. The van der Waals surface area contributed by atoms with Crippen molar-refractivity contribution in [3.63, 3.8) is 0 Å². The molecular formula is C21H27N5O. The maximum absolute atomic E-state index is 13.1. The molecule has 4 rings (SSSR count). The molecule has 2 aromatic rings. The normalized spacial score (nSPS) is 19.4. The van der Waals surface area contributed by atoms with Crippen LogP contribution in [-0.2, 0) is 24.3 Å². The Morgan fingerprint density at radius 2 is 2.15 bits per heavy atom. The van der Waals surface area contributed by atoms with Crippen LogP contribution in [0.1, 0.15) is 43.8 Å². The van der Waals surface area contributed by atoms with Gasteiger partial charge in [0.25, 0.3) is 0 Å². The van der Waals surface area contributed by atoms with E-state index in [2.05, 4.69) is 28.7 Å². The van der Waals surface area contributed by atoms with Crippen LogP contribution < -0.4 is 4.90 Å². The minimum absolute atomic E-state index is 0.0261. The summed E-state index contributed by atoms with van der Waals surface area (Å²) >= 11 is 0. The average Bonchev–Trinajstić information content (AvgIpc) is 3.11. The van der Waals surface area contributed by atoms with Crippen molar-refractivity contribution in [3.8, 4) is 0 Å². The van der Waals surface area contributed by atoms with Gasteiger partial charge in [0.1, 0.15) is 11.6 Å². The second kappa shape index (κ2) is 7.62. The molecule has 0 N–H and O–H groups in total. The maximum Gasteiger partial charge on any atom is 0.228 e. The standard InChI is InChI=1S/C21H27N5O/c1-15(2)10-19-23-11-17-13-26(14-18(17)24-19)21(27)16-6-5-9-25(12-16)20-7-3-4-8-22-20/h3-4,7-8,11,15-16H,5-6,9-10,12-14H2,1-2H3/t16-/m1/s1. The zero-order chi connectivity index (χ0) is 18.8. The van der Waals surface area contributed by atoms with Crippen LogP contribution in [0.15, 0.2) is 30.6 Å². The summed E-state index contributed by atoms with van der Waals surface area (Å²) in [6.07, 6.45) is 6.56. The van der Waals surface area contributed by atoms with Gasteiger partial charge in [0.2, 0.25) is 5.91 Å². The molecule has 1 saturated heterocycles. The highest BCUT2D eigenvalue weighted by atomic mass is 16.2. The van der Waals surface area contributed by atoms with Crippen LogP contribution in [0.5, 0.6) is 0 Å². The van der Waals surface area contributed by atoms with Crippen LogP contribution in [0.3, 0.4) is 0 Å². The maximum atomic E-state index is 13.1. The lowest BCUT2D eigenvalue weighted by atomic mass is 9.96. The highest BCUT2D eigenvalue weighted by Crippen LogP contribution is 2.27. The molecule has 1 amide bonds. The van der Waals surface area contributed by atoms with E-state index in [-0.39, 0.29) is 11.8 Å². The molecule has 6 nitrogen and oxygen atoms in total. The van der Waals surface area contributed by atoms with Gasteiger partial charge in [0.05, 0.1) is 18.2 Å². The Labute approximate surface area is 160 Å². The topological polar surface area (TPSA) is 62.2 Å². The van der Waals surface area contributed by atoms with Crippen LogP contribution >= 0.6 is 0 Å². The number of aromatic nitrogens is 3. The van der Waals surface area contributed by atoms with E-state index >= 15 is 0 Å². The van der Waals surface area contributed by atoms with E-state index < -0.39 is 0 Å². The fourth-order valence-electron chi connectivity index (χ4n) is 4.00. The van der Waals surface area contributed by atoms with Gasteiger partial charge in [-0.15, -0.1) is 0 Å². The summed E-state index contributed by atoms with van der Waals surface area (Å²) in [6, 6.07) is 5.94. The number of hydrogen-bond acceptors (Lipinski definition) is 5. The summed E-state index contributed by atoms with van der Waals surface area (Å²) in [6.45, 7) is 7.29. The first kappa shape index (κ1) is 17.9. The largest absolute Gasteiger partial charge is 0.356 e. The third-order valence-electron chi connectivity index (χ3n) is 5.35. The number of nitrogens with zero attached hydrogens (tertiary/aromatic N) is 5. The molecule has 0 radical (unpaired) electrons. The number of carbonyl (C=O) groups excluding carboxylic acids is 1. The van der Waals surface area contributed by atoms with E-state index in [9.17, 15) is 4.79 Å². The van der Waals surface area contributed by atoms with Crippen LogP contribution in [0.4, 0.5) is 5.82 Å². The van der Waals surface area contributed by atoms with Crippen LogP contribution in [-0.4, -0.2) is 38.8 Å². The highest BCUT2D eigenvalue weighted by molar-refractivity contribution is 5.80. The van der Waals surface area contributed by atoms with Crippen molar-refractivity contribution in [3.05, 3.63) is 47.7 Å². The number of anilines is 1. The summed E-state index contributed by atoms with van der Waals surface area (Å²) in [5, 5.41) is 0. The van der Waals surface area contributed by atoms with Gasteiger partial charge in [-0.2, -0.15) is 0 Å². The molecule has 27 heavy (non-hydrogen) atoms. The number of pyridine rings is 1. The molecule has 2 aliphatic rings. The van der Waals surface area contributed by atoms with Crippen molar-refractivity contribution in [1.29, 1.82) is 0 Å². The van der Waals surface area contributed by atoms with Gasteiger partial charge >= 0.3 is 0 Å². The molecule has 4 heterocycles. The molecule has 0 bridgehead atoms. The zero-order valence-corrected chi connectivity index (χ0v) is 16.1. The first-order valence-electron chi connectivity index (χ1n) is 9.88. The van der Waals surface area contributed by atoms with Gasteiger partial charge in [0, 0.05) is 44.0 Å². The van der Waals surface area contributed by atoms with Gasteiger partial charge in [-0.05, 0) is 30.9 Å². The second-order valence-electron chi connectivity index (χ2n) is 8.02. The Kier molecular flexibility index (Phi) is 5.05. The van der Waals surface area contributed by atoms with Gasteiger partial charge in [-0.1, -0.05) is 19.9 Å². The summed E-state index contributed by atoms with van der Waals surface area (Å²) in [5.41, 5.74) is 2.11. The first-order chi connectivity index (χ1) is 13.1. The number of piperidine rings is 1. The van der Waals surface area contributed by atoms with Crippen LogP contribution in [0, 0.1) is 11.8 Å². The minimum Gasteiger partial charge on any atom is -0.356 e.